The van der Waals surface area contributed by atoms with Crippen LogP contribution in [0, 0.1) is 5.92 Å². The van der Waals surface area contributed by atoms with Crippen LogP contribution in [0.4, 0.5) is 14.6 Å². The van der Waals surface area contributed by atoms with Gasteiger partial charge in [0.1, 0.15) is 12.1 Å². The second-order valence-electron chi connectivity index (χ2n) is 5.56. The van der Waals surface area contributed by atoms with Crippen molar-refractivity contribution in [3.05, 3.63) is 18.1 Å². The number of anilines is 1. The molecule has 0 radical (unpaired) electrons. The van der Waals surface area contributed by atoms with Crippen LogP contribution < -0.4 is 4.90 Å². The lowest BCUT2D eigenvalue weighted by atomic mass is 9.96. The predicted molar refractivity (Wildman–Crippen MR) is 71.2 cm³/mol. The molecule has 2 aromatic heterocycles. The molecule has 0 aliphatic carbocycles. The SMILES string of the molecule is CC(C)c1cc(N2CC(CC(F)F)C2)n2ncnc2n1. The molecule has 7 heteroatoms. The van der Waals surface area contributed by atoms with Crippen LogP contribution in [-0.4, -0.2) is 39.1 Å². The van der Waals surface area contributed by atoms with E-state index in [0.29, 0.717) is 18.9 Å². The molecular weight excluding hydrogens is 264 g/mol. The summed E-state index contributed by atoms with van der Waals surface area (Å²) in [7, 11) is 0. The summed E-state index contributed by atoms with van der Waals surface area (Å²) in [5.74, 6) is 1.79. The molecule has 0 unspecified atom stereocenters. The summed E-state index contributed by atoms with van der Waals surface area (Å²) in [6, 6.07) is 1.98. The van der Waals surface area contributed by atoms with Crippen molar-refractivity contribution in [1.29, 1.82) is 0 Å². The summed E-state index contributed by atoms with van der Waals surface area (Å²) in [6.07, 6.45) is -0.789. The molecule has 5 nitrogen and oxygen atoms in total. The van der Waals surface area contributed by atoms with E-state index in [9.17, 15) is 8.78 Å². The summed E-state index contributed by atoms with van der Waals surface area (Å²) in [5, 5.41) is 4.16. The van der Waals surface area contributed by atoms with Crippen LogP contribution in [0.15, 0.2) is 12.4 Å². The largest absolute Gasteiger partial charge is 0.356 e. The third-order valence-electron chi connectivity index (χ3n) is 3.64. The summed E-state index contributed by atoms with van der Waals surface area (Å²) in [4.78, 5) is 10.6. The molecule has 0 atom stereocenters. The van der Waals surface area contributed by atoms with Gasteiger partial charge in [-0.25, -0.2) is 13.8 Å². The highest BCUT2D eigenvalue weighted by molar-refractivity contribution is 5.49. The Hall–Kier alpha value is -1.79. The van der Waals surface area contributed by atoms with Gasteiger partial charge in [-0.15, -0.1) is 0 Å². The lowest BCUT2D eigenvalue weighted by Crippen LogP contribution is -2.48. The predicted octanol–water partition coefficient (Wildman–Crippen LogP) is 2.34. The minimum Gasteiger partial charge on any atom is -0.356 e. The van der Waals surface area contributed by atoms with Crippen molar-refractivity contribution in [2.75, 3.05) is 18.0 Å². The van der Waals surface area contributed by atoms with Gasteiger partial charge in [0.2, 0.25) is 6.43 Å². The monoisotopic (exact) mass is 281 g/mol. The Kier molecular flexibility index (Phi) is 3.27. The molecule has 0 aromatic carbocycles. The Labute approximate surface area is 115 Å². The fourth-order valence-corrected chi connectivity index (χ4v) is 2.49. The van der Waals surface area contributed by atoms with Crippen LogP contribution in [0.3, 0.4) is 0 Å². The standard InChI is InChI=1S/C13H17F2N5/c1-8(2)10-4-12(20-13(18-10)16-7-17-20)19-5-9(6-19)3-11(14)15/h4,7-9,11H,3,5-6H2,1-2H3. The second-order valence-corrected chi connectivity index (χ2v) is 5.56. The number of hydrogen-bond donors (Lipinski definition) is 0. The molecular formula is C13H17F2N5. The molecule has 1 aliphatic heterocycles. The average molecular weight is 281 g/mol. The minimum absolute atomic E-state index is 0.0286. The van der Waals surface area contributed by atoms with Gasteiger partial charge in [0.25, 0.3) is 5.78 Å². The number of hydrogen-bond acceptors (Lipinski definition) is 4. The van der Waals surface area contributed by atoms with Crippen molar-refractivity contribution < 1.29 is 8.78 Å². The third kappa shape index (κ3) is 2.32. The first-order valence-electron chi connectivity index (χ1n) is 6.78. The summed E-state index contributed by atoms with van der Waals surface area (Å²) < 4.78 is 26.4. The van der Waals surface area contributed by atoms with E-state index in [1.807, 2.05) is 6.07 Å². The van der Waals surface area contributed by atoms with Gasteiger partial charge in [0, 0.05) is 25.6 Å². The molecule has 0 N–H and O–H groups in total. The van der Waals surface area contributed by atoms with Crippen molar-refractivity contribution in [3.8, 4) is 0 Å². The van der Waals surface area contributed by atoms with E-state index >= 15 is 0 Å². The van der Waals surface area contributed by atoms with E-state index in [1.54, 1.807) is 4.52 Å². The van der Waals surface area contributed by atoms with E-state index in [1.165, 1.54) is 6.33 Å². The highest BCUT2D eigenvalue weighted by Gasteiger charge is 2.31. The van der Waals surface area contributed by atoms with E-state index in [-0.39, 0.29) is 18.3 Å². The topological polar surface area (TPSA) is 46.3 Å². The molecule has 1 fully saturated rings. The first-order chi connectivity index (χ1) is 9.54. The number of nitrogens with zero attached hydrogens (tertiary/aromatic N) is 5. The van der Waals surface area contributed by atoms with Crippen molar-refractivity contribution in [1.82, 2.24) is 19.6 Å². The van der Waals surface area contributed by atoms with Crippen LogP contribution in [-0.2, 0) is 0 Å². The smallest absolute Gasteiger partial charge is 0.254 e. The van der Waals surface area contributed by atoms with Gasteiger partial charge >= 0.3 is 0 Å². The number of fused-ring (bicyclic) bond motifs is 1. The molecule has 0 amide bonds. The molecule has 20 heavy (non-hydrogen) atoms. The molecule has 0 spiro atoms. The van der Waals surface area contributed by atoms with Crippen LogP contribution in [0.2, 0.25) is 0 Å². The van der Waals surface area contributed by atoms with Crippen molar-refractivity contribution in [2.24, 2.45) is 5.92 Å². The lowest BCUT2D eigenvalue weighted by molar-refractivity contribution is 0.106. The zero-order chi connectivity index (χ0) is 14.3. The maximum absolute atomic E-state index is 12.4. The van der Waals surface area contributed by atoms with E-state index < -0.39 is 6.43 Å². The zero-order valence-electron chi connectivity index (χ0n) is 11.5. The Morgan fingerprint density at radius 2 is 2.10 bits per heavy atom. The van der Waals surface area contributed by atoms with Crippen molar-refractivity contribution >= 4 is 11.6 Å². The normalized spacial score (nSPS) is 16.4. The molecule has 0 bridgehead atoms. The van der Waals surface area contributed by atoms with Gasteiger partial charge in [0.15, 0.2) is 0 Å². The number of alkyl halides is 2. The van der Waals surface area contributed by atoms with Gasteiger partial charge in [-0.1, -0.05) is 13.8 Å². The van der Waals surface area contributed by atoms with E-state index in [4.69, 9.17) is 0 Å². The van der Waals surface area contributed by atoms with Gasteiger partial charge < -0.3 is 4.90 Å². The van der Waals surface area contributed by atoms with Crippen molar-refractivity contribution in [2.45, 2.75) is 32.6 Å². The molecule has 108 valence electrons. The van der Waals surface area contributed by atoms with Gasteiger partial charge in [-0.2, -0.15) is 14.6 Å². The van der Waals surface area contributed by atoms with Crippen LogP contribution in [0.25, 0.3) is 5.78 Å². The Bertz CT molecular complexity index is 604. The number of rotatable bonds is 4. The highest BCUT2D eigenvalue weighted by Crippen LogP contribution is 2.29. The maximum atomic E-state index is 12.4. The first kappa shape index (κ1) is 13.2. The van der Waals surface area contributed by atoms with Gasteiger partial charge in [-0.3, -0.25) is 0 Å². The first-order valence-corrected chi connectivity index (χ1v) is 6.78. The summed E-state index contributed by atoms with van der Waals surface area (Å²) in [6.45, 7) is 5.41. The average Bonchev–Trinajstić information content (AvgIpc) is 2.80. The minimum atomic E-state index is -2.22. The van der Waals surface area contributed by atoms with Crippen LogP contribution >= 0.6 is 0 Å². The summed E-state index contributed by atoms with van der Waals surface area (Å²) >= 11 is 0. The number of halogens is 2. The van der Waals surface area contributed by atoms with Crippen LogP contribution in [0.1, 0.15) is 31.9 Å². The molecule has 3 heterocycles. The quantitative estimate of drug-likeness (QED) is 0.863. The number of aromatic nitrogens is 4. The molecule has 2 aromatic rings. The second kappa shape index (κ2) is 4.96. The summed E-state index contributed by atoms with van der Waals surface area (Å²) in [5.41, 5.74) is 0.942. The Morgan fingerprint density at radius 3 is 2.75 bits per heavy atom. The Morgan fingerprint density at radius 1 is 1.35 bits per heavy atom. The van der Waals surface area contributed by atoms with Gasteiger partial charge in [-0.05, 0) is 11.8 Å². The third-order valence-corrected chi connectivity index (χ3v) is 3.64. The Balaban J connectivity index is 1.86. The molecule has 0 saturated carbocycles. The van der Waals surface area contributed by atoms with Crippen molar-refractivity contribution in [3.63, 3.8) is 0 Å². The zero-order valence-corrected chi connectivity index (χ0v) is 11.5. The molecule has 1 aliphatic rings. The van der Waals surface area contributed by atoms with E-state index in [2.05, 4.69) is 33.8 Å². The fraction of sp³-hybridized carbons (Fsp3) is 0.615. The van der Waals surface area contributed by atoms with Gasteiger partial charge in [0.05, 0.1) is 5.69 Å². The molecule has 3 rings (SSSR count). The lowest BCUT2D eigenvalue weighted by Gasteiger charge is -2.40. The van der Waals surface area contributed by atoms with Crippen LogP contribution in [0.5, 0.6) is 0 Å². The maximum Gasteiger partial charge on any atom is 0.254 e. The highest BCUT2D eigenvalue weighted by atomic mass is 19.3. The molecule has 1 saturated heterocycles. The van der Waals surface area contributed by atoms with E-state index in [0.717, 1.165) is 11.5 Å². The fourth-order valence-electron chi connectivity index (χ4n) is 2.49.